The van der Waals surface area contributed by atoms with E-state index in [1.807, 2.05) is 11.4 Å². The molecule has 0 aromatic carbocycles. The molecule has 2 atom stereocenters. The van der Waals surface area contributed by atoms with Crippen LogP contribution in [0.25, 0.3) is 10.2 Å². The molecule has 2 aromatic rings. The van der Waals surface area contributed by atoms with Crippen LogP contribution in [0.15, 0.2) is 11.4 Å². The molecule has 102 valence electrons. The van der Waals surface area contributed by atoms with Crippen LogP contribution in [0.4, 0.5) is 11.8 Å². The van der Waals surface area contributed by atoms with Crippen LogP contribution in [0.5, 0.6) is 0 Å². The lowest BCUT2D eigenvalue weighted by molar-refractivity contribution is 0.222. The second-order valence-corrected chi connectivity index (χ2v) is 5.70. The Morgan fingerprint density at radius 2 is 2.32 bits per heavy atom. The van der Waals surface area contributed by atoms with Crippen molar-refractivity contribution in [2.75, 3.05) is 17.3 Å². The van der Waals surface area contributed by atoms with Crippen molar-refractivity contribution in [2.45, 2.75) is 25.3 Å². The molecule has 19 heavy (non-hydrogen) atoms. The smallest absolute Gasteiger partial charge is 0.240 e. The van der Waals surface area contributed by atoms with Crippen LogP contribution in [-0.4, -0.2) is 27.7 Å². The minimum Gasteiger partial charge on any atom is -0.396 e. The molecule has 0 saturated heterocycles. The zero-order valence-electron chi connectivity index (χ0n) is 10.5. The molecule has 2 heterocycles. The molecule has 2 aromatic heterocycles. The van der Waals surface area contributed by atoms with Crippen molar-refractivity contribution < 1.29 is 5.11 Å². The number of aliphatic hydroxyl groups is 1. The number of nitrogens with two attached hydrogens (primary N) is 1. The Morgan fingerprint density at radius 3 is 3.11 bits per heavy atom. The normalized spacial score (nSPS) is 22.8. The third-order valence-electron chi connectivity index (χ3n) is 3.67. The Hall–Kier alpha value is -1.44. The third-order valence-corrected chi connectivity index (χ3v) is 4.48. The van der Waals surface area contributed by atoms with Crippen molar-refractivity contribution in [2.24, 2.45) is 11.8 Å². The van der Waals surface area contributed by atoms with Gasteiger partial charge in [0.2, 0.25) is 5.95 Å². The first-order valence-corrected chi connectivity index (χ1v) is 7.29. The Morgan fingerprint density at radius 1 is 1.42 bits per heavy atom. The summed E-state index contributed by atoms with van der Waals surface area (Å²) in [5.41, 5.74) is 2.49. The fourth-order valence-corrected chi connectivity index (χ4v) is 3.41. The number of anilines is 2. The molecule has 5 N–H and O–H groups in total. The van der Waals surface area contributed by atoms with E-state index >= 15 is 0 Å². The highest BCUT2D eigenvalue weighted by Crippen LogP contribution is 2.31. The SMILES string of the molecule is NNc1nc(NC2CCCC2CO)c2ccsc2n1. The van der Waals surface area contributed by atoms with Crippen LogP contribution < -0.4 is 16.6 Å². The van der Waals surface area contributed by atoms with Gasteiger partial charge in [0.05, 0.1) is 5.39 Å². The van der Waals surface area contributed by atoms with E-state index in [0.29, 0.717) is 11.9 Å². The maximum absolute atomic E-state index is 9.39. The van der Waals surface area contributed by atoms with Crippen molar-refractivity contribution >= 4 is 33.3 Å². The van der Waals surface area contributed by atoms with Gasteiger partial charge in [-0.2, -0.15) is 4.98 Å². The lowest BCUT2D eigenvalue weighted by Gasteiger charge is -2.20. The number of rotatable bonds is 4. The fraction of sp³-hybridized carbons (Fsp3) is 0.500. The van der Waals surface area contributed by atoms with Gasteiger partial charge in [-0.25, -0.2) is 10.8 Å². The molecule has 6 nitrogen and oxygen atoms in total. The maximum atomic E-state index is 9.39. The van der Waals surface area contributed by atoms with Crippen LogP contribution in [0.3, 0.4) is 0 Å². The van der Waals surface area contributed by atoms with E-state index in [4.69, 9.17) is 5.84 Å². The molecule has 1 fully saturated rings. The summed E-state index contributed by atoms with van der Waals surface area (Å²) in [6.07, 6.45) is 3.27. The minimum absolute atomic E-state index is 0.220. The topological polar surface area (TPSA) is 96.1 Å². The summed E-state index contributed by atoms with van der Waals surface area (Å²) in [7, 11) is 0. The lowest BCUT2D eigenvalue weighted by Crippen LogP contribution is -2.27. The van der Waals surface area contributed by atoms with Crippen LogP contribution in [0, 0.1) is 5.92 Å². The highest BCUT2D eigenvalue weighted by Gasteiger charge is 2.27. The summed E-state index contributed by atoms with van der Waals surface area (Å²) >= 11 is 1.56. The zero-order valence-corrected chi connectivity index (χ0v) is 11.3. The highest BCUT2D eigenvalue weighted by molar-refractivity contribution is 7.16. The Bertz CT molecular complexity index is 572. The first kappa shape index (κ1) is 12.6. The van der Waals surface area contributed by atoms with Gasteiger partial charge < -0.3 is 10.4 Å². The van der Waals surface area contributed by atoms with E-state index in [1.165, 1.54) is 0 Å². The second kappa shape index (κ2) is 5.28. The van der Waals surface area contributed by atoms with Crippen LogP contribution in [-0.2, 0) is 0 Å². The molecule has 0 amide bonds. The van der Waals surface area contributed by atoms with Gasteiger partial charge in [0.25, 0.3) is 0 Å². The van der Waals surface area contributed by atoms with Crippen molar-refractivity contribution in [3.8, 4) is 0 Å². The molecule has 0 aliphatic heterocycles. The van der Waals surface area contributed by atoms with Crippen LogP contribution >= 0.6 is 11.3 Å². The number of hydrazine groups is 1. The number of nitrogens with zero attached hydrogens (tertiary/aromatic N) is 2. The van der Waals surface area contributed by atoms with E-state index in [1.54, 1.807) is 11.3 Å². The molecule has 7 heteroatoms. The van der Waals surface area contributed by atoms with Crippen molar-refractivity contribution in [3.63, 3.8) is 0 Å². The van der Waals surface area contributed by atoms with Crippen molar-refractivity contribution in [1.82, 2.24) is 9.97 Å². The van der Waals surface area contributed by atoms with E-state index in [0.717, 1.165) is 35.3 Å². The van der Waals surface area contributed by atoms with Crippen LogP contribution in [0.1, 0.15) is 19.3 Å². The predicted molar refractivity (Wildman–Crippen MR) is 77.1 cm³/mol. The number of nitrogen functional groups attached to an aromatic ring is 1. The Labute approximate surface area is 115 Å². The fourth-order valence-electron chi connectivity index (χ4n) is 2.65. The molecule has 1 aliphatic rings. The number of hydrogen-bond donors (Lipinski definition) is 4. The Balaban J connectivity index is 1.92. The molecule has 1 saturated carbocycles. The van der Waals surface area contributed by atoms with Crippen molar-refractivity contribution in [1.29, 1.82) is 0 Å². The van der Waals surface area contributed by atoms with Crippen molar-refractivity contribution in [3.05, 3.63) is 11.4 Å². The summed E-state index contributed by atoms with van der Waals surface area (Å²) in [4.78, 5) is 9.61. The highest BCUT2D eigenvalue weighted by atomic mass is 32.1. The minimum atomic E-state index is 0.220. The summed E-state index contributed by atoms with van der Waals surface area (Å²) < 4.78 is 0. The van der Waals surface area contributed by atoms with E-state index < -0.39 is 0 Å². The number of thiophene rings is 1. The van der Waals surface area contributed by atoms with Gasteiger partial charge >= 0.3 is 0 Å². The monoisotopic (exact) mass is 279 g/mol. The first-order valence-electron chi connectivity index (χ1n) is 6.41. The predicted octanol–water partition coefficient (Wildman–Crippen LogP) is 1.55. The number of aromatic nitrogens is 2. The molecule has 0 bridgehead atoms. The summed E-state index contributed by atoms with van der Waals surface area (Å²) in [6.45, 7) is 0.220. The van der Waals surface area contributed by atoms with Gasteiger partial charge in [-0.05, 0) is 24.3 Å². The number of hydrogen-bond acceptors (Lipinski definition) is 7. The molecule has 0 radical (unpaired) electrons. The summed E-state index contributed by atoms with van der Waals surface area (Å²) in [5, 5.41) is 15.8. The molecule has 2 unspecified atom stereocenters. The molecule has 3 rings (SSSR count). The molecular weight excluding hydrogens is 262 g/mol. The first-order chi connectivity index (χ1) is 9.31. The largest absolute Gasteiger partial charge is 0.396 e. The van der Waals surface area contributed by atoms with Gasteiger partial charge in [-0.1, -0.05) is 6.42 Å². The number of fused-ring (bicyclic) bond motifs is 1. The molecular formula is C12H17N5OS. The summed E-state index contributed by atoms with van der Waals surface area (Å²) in [6, 6.07) is 2.28. The summed E-state index contributed by atoms with van der Waals surface area (Å²) in [5.74, 6) is 6.91. The maximum Gasteiger partial charge on any atom is 0.240 e. The zero-order chi connectivity index (χ0) is 13.2. The Kier molecular flexibility index (Phi) is 3.50. The number of nitrogens with one attached hydrogen (secondary N) is 2. The molecule has 0 spiro atoms. The second-order valence-electron chi connectivity index (χ2n) is 4.80. The van der Waals surface area contributed by atoms with Gasteiger partial charge in [0.1, 0.15) is 10.6 Å². The average molecular weight is 279 g/mol. The van der Waals surface area contributed by atoms with E-state index in [9.17, 15) is 5.11 Å². The van der Waals surface area contributed by atoms with Gasteiger partial charge in [0, 0.05) is 18.6 Å². The van der Waals surface area contributed by atoms with Gasteiger partial charge in [-0.3, -0.25) is 5.43 Å². The number of aliphatic hydroxyl groups excluding tert-OH is 1. The lowest BCUT2D eigenvalue weighted by atomic mass is 10.1. The average Bonchev–Trinajstić information content (AvgIpc) is 3.06. The van der Waals surface area contributed by atoms with E-state index in [-0.39, 0.29) is 12.6 Å². The third kappa shape index (κ3) is 2.36. The quantitative estimate of drug-likeness (QED) is 0.501. The van der Waals surface area contributed by atoms with Crippen LogP contribution in [0.2, 0.25) is 0 Å². The molecule has 1 aliphatic carbocycles. The standard InChI is InChI=1S/C12H17N5OS/c13-17-12-15-10(8-4-5-19-11(8)16-12)14-9-3-1-2-7(9)6-18/h4-5,7,9,18H,1-3,6,13H2,(H2,14,15,16,17). The van der Waals surface area contributed by atoms with Gasteiger partial charge in [-0.15, -0.1) is 11.3 Å². The van der Waals surface area contributed by atoms with Gasteiger partial charge in [0.15, 0.2) is 0 Å². The van der Waals surface area contributed by atoms with E-state index in [2.05, 4.69) is 20.7 Å².